The van der Waals surface area contributed by atoms with Crippen LogP contribution in [0.5, 0.6) is 0 Å². The van der Waals surface area contributed by atoms with E-state index < -0.39 is 0 Å². The molecule has 9 rings (SSSR count). The Bertz CT molecular complexity index is 3000. The van der Waals surface area contributed by atoms with Gasteiger partial charge in [0.15, 0.2) is 0 Å². The molecule has 9 aromatic rings. The zero-order valence-corrected chi connectivity index (χ0v) is 44.2. The third-order valence-electron chi connectivity index (χ3n) is 12.0. The Morgan fingerprint density at radius 2 is 0.758 bits per heavy atom. The summed E-state index contributed by atoms with van der Waals surface area (Å²) in [6.07, 6.45) is 17.8. The molecule has 0 bridgehead atoms. The lowest BCUT2D eigenvalue weighted by atomic mass is 9.97. The zero-order chi connectivity index (χ0) is 45.6. The second-order valence-corrected chi connectivity index (χ2v) is 25.0. The number of pyridine rings is 2. The van der Waals surface area contributed by atoms with Gasteiger partial charge in [0.1, 0.15) is 10.8 Å². The van der Waals surface area contributed by atoms with Crippen molar-refractivity contribution in [2.24, 2.45) is 0 Å². The van der Waals surface area contributed by atoms with Crippen LogP contribution in [-0.4, -0.2) is 9.97 Å². The van der Waals surface area contributed by atoms with Gasteiger partial charge < -0.3 is 0 Å². The molecule has 0 saturated heterocycles. The van der Waals surface area contributed by atoms with Crippen molar-refractivity contribution in [1.82, 2.24) is 9.97 Å². The summed E-state index contributed by atoms with van der Waals surface area (Å²) in [6, 6.07) is 26.8. The van der Waals surface area contributed by atoms with E-state index in [4.69, 9.17) is 9.97 Å². The van der Waals surface area contributed by atoms with Crippen molar-refractivity contribution in [1.29, 1.82) is 10.5 Å². The number of unbranched alkanes of at least 4 members (excludes halogenated alkanes) is 4. The number of nitrogens with zero attached hydrogens (tertiary/aromatic N) is 4. The number of rotatable bonds is 20. The highest BCUT2D eigenvalue weighted by Gasteiger charge is 2.24. The van der Waals surface area contributed by atoms with Crippen molar-refractivity contribution in [3.05, 3.63) is 107 Å². The van der Waals surface area contributed by atoms with Gasteiger partial charge in [-0.3, -0.25) is 9.97 Å². The maximum absolute atomic E-state index is 9.34. The molecule has 12 heteroatoms. The predicted octanol–water partition coefficient (Wildman–Crippen LogP) is 19.7. The average molecular weight is 1010 g/mol. The summed E-state index contributed by atoms with van der Waals surface area (Å²) in [5.41, 5.74) is 10.2. The summed E-state index contributed by atoms with van der Waals surface area (Å²) < 4.78 is 2.11. The number of hydrogen-bond donors (Lipinski definition) is 0. The molecule has 0 unspecified atom stereocenters. The third kappa shape index (κ3) is 9.90. The van der Waals surface area contributed by atoms with Gasteiger partial charge in [0.2, 0.25) is 0 Å². The molecule has 0 saturated carbocycles. The molecule has 0 aliphatic rings. The normalized spacial score (nSPS) is 11.5. The highest BCUT2D eigenvalue weighted by Crippen LogP contribution is 2.51. The van der Waals surface area contributed by atoms with E-state index in [1.807, 2.05) is 57.7 Å². The van der Waals surface area contributed by atoms with Crippen LogP contribution in [0.25, 0.3) is 81.7 Å². The molecule has 0 atom stereocenters. The SMILES string of the molecule is CCCCc1c(-c2ccc(SC#N)s2)sc(-c2ccc(-c3cnc4c(ccc5cc(-c6ccc(-c7sc(-c8ccc(SC#N)s8)c(CCCC)c7CCCC)s6)cnc54)c3)s2)c1CCCC. The Labute approximate surface area is 421 Å². The minimum atomic E-state index is 0.929. The summed E-state index contributed by atoms with van der Waals surface area (Å²) in [4.78, 5) is 23.4. The molecule has 0 aliphatic heterocycles. The van der Waals surface area contributed by atoms with E-state index in [1.165, 1.54) is 120 Å². The maximum Gasteiger partial charge on any atom is 0.139 e. The number of hydrogen-bond acceptors (Lipinski definition) is 12. The lowest BCUT2D eigenvalue weighted by Crippen LogP contribution is -1.94. The van der Waals surface area contributed by atoms with Gasteiger partial charge in [0.05, 0.1) is 19.5 Å². The second kappa shape index (κ2) is 21.9. The van der Waals surface area contributed by atoms with Crippen molar-refractivity contribution >= 4 is 113 Å². The molecule has 8 heterocycles. The van der Waals surface area contributed by atoms with Crippen molar-refractivity contribution in [3.8, 4) is 70.7 Å². The molecule has 0 fully saturated rings. The summed E-state index contributed by atoms with van der Waals surface area (Å²) in [5.74, 6) is 0. The number of nitriles is 2. The van der Waals surface area contributed by atoms with E-state index in [0.29, 0.717) is 0 Å². The van der Waals surface area contributed by atoms with Gasteiger partial charge >= 0.3 is 0 Å². The van der Waals surface area contributed by atoms with Crippen LogP contribution < -0.4 is 0 Å². The first kappa shape index (κ1) is 47.0. The lowest BCUT2D eigenvalue weighted by Gasteiger charge is -2.08. The topological polar surface area (TPSA) is 73.4 Å². The molecular weight excluding hydrogens is 961 g/mol. The number of fused-ring (bicyclic) bond motifs is 3. The van der Waals surface area contributed by atoms with Gasteiger partial charge in [-0.15, -0.1) is 68.0 Å². The van der Waals surface area contributed by atoms with Crippen LogP contribution >= 0.6 is 91.5 Å². The predicted molar refractivity (Wildman–Crippen MR) is 294 cm³/mol. The zero-order valence-electron chi connectivity index (χ0n) is 37.6. The van der Waals surface area contributed by atoms with Crippen LogP contribution in [0.3, 0.4) is 0 Å². The van der Waals surface area contributed by atoms with E-state index in [-0.39, 0.29) is 0 Å². The van der Waals surface area contributed by atoms with Crippen molar-refractivity contribution in [3.63, 3.8) is 0 Å². The van der Waals surface area contributed by atoms with E-state index in [0.717, 1.165) is 92.7 Å². The standard InChI is InChI=1S/C54H50N4S8/c1-5-9-13-37-39(15-11-7-3)53(45-23-25-47(63-45)59-31-55)65-51(37)43-21-19-41(61-43)35-27-33-17-18-34-28-36(30-58-50(34)49(33)57-29-35)42-20-22-44(62-42)52-38(14-10-6-2)40(16-12-8-4)54(66-52)46-24-26-48(64-46)60-32-56/h17-30H,5-16H2,1-4H3. The molecule has 0 amide bonds. The fraction of sp³-hybridized carbons (Fsp3) is 0.296. The number of aromatic nitrogens is 2. The fourth-order valence-electron chi connectivity index (χ4n) is 8.64. The Balaban J connectivity index is 1.01. The van der Waals surface area contributed by atoms with Crippen LogP contribution in [0.15, 0.2) is 93.6 Å². The number of benzene rings is 1. The third-order valence-corrected chi connectivity index (χ3v) is 21.1. The molecule has 0 aliphatic carbocycles. The quantitative estimate of drug-likeness (QED) is 0.0430. The Kier molecular flexibility index (Phi) is 15.6. The minimum absolute atomic E-state index is 0.929. The Hall–Kier alpha value is -4.08. The first-order chi connectivity index (χ1) is 32.4. The molecule has 0 N–H and O–H groups in total. The molecular formula is C54H50N4S8. The van der Waals surface area contributed by atoms with Crippen LogP contribution in [0.1, 0.15) is 101 Å². The summed E-state index contributed by atoms with van der Waals surface area (Å²) in [7, 11) is 0. The smallest absolute Gasteiger partial charge is 0.139 e. The molecule has 0 spiro atoms. The van der Waals surface area contributed by atoms with Gasteiger partial charge in [-0.05, 0) is 134 Å². The first-order valence-electron chi connectivity index (χ1n) is 23.0. The van der Waals surface area contributed by atoms with E-state index >= 15 is 0 Å². The van der Waals surface area contributed by atoms with Gasteiger partial charge in [0.25, 0.3) is 0 Å². The molecule has 334 valence electrons. The van der Waals surface area contributed by atoms with Gasteiger partial charge in [-0.1, -0.05) is 65.5 Å². The molecule has 8 aromatic heterocycles. The Morgan fingerprint density at radius 1 is 0.424 bits per heavy atom. The Morgan fingerprint density at radius 3 is 1.11 bits per heavy atom. The monoisotopic (exact) mass is 1010 g/mol. The maximum atomic E-state index is 9.34. The highest BCUT2D eigenvalue weighted by molar-refractivity contribution is 8.05. The van der Waals surface area contributed by atoms with Crippen LogP contribution in [-0.2, 0) is 25.7 Å². The van der Waals surface area contributed by atoms with E-state index in [2.05, 4.69) is 111 Å². The minimum Gasteiger partial charge on any atom is -0.253 e. The number of thiocyanates is 2. The summed E-state index contributed by atoms with van der Waals surface area (Å²) in [5, 5.41) is 25.4. The van der Waals surface area contributed by atoms with Gasteiger partial charge in [-0.2, -0.15) is 10.5 Å². The number of thioether (sulfide) groups is 2. The largest absolute Gasteiger partial charge is 0.253 e. The first-order valence-corrected chi connectivity index (χ1v) is 29.5. The second-order valence-electron chi connectivity index (χ2n) is 16.5. The van der Waals surface area contributed by atoms with E-state index in [9.17, 15) is 10.5 Å². The number of thiophene rings is 6. The van der Waals surface area contributed by atoms with Crippen LogP contribution in [0, 0.1) is 21.3 Å². The highest BCUT2D eigenvalue weighted by atomic mass is 32.2. The van der Waals surface area contributed by atoms with Gasteiger partial charge in [0, 0.05) is 107 Å². The van der Waals surface area contributed by atoms with Crippen molar-refractivity contribution in [2.75, 3.05) is 0 Å². The van der Waals surface area contributed by atoms with Crippen LogP contribution in [0.2, 0.25) is 0 Å². The summed E-state index contributed by atoms with van der Waals surface area (Å²) in [6.45, 7) is 9.12. The lowest BCUT2D eigenvalue weighted by molar-refractivity contribution is 0.764. The van der Waals surface area contributed by atoms with Crippen molar-refractivity contribution in [2.45, 2.75) is 113 Å². The van der Waals surface area contributed by atoms with Crippen molar-refractivity contribution < 1.29 is 0 Å². The molecule has 66 heavy (non-hydrogen) atoms. The average Bonchev–Trinajstić information content (AvgIpc) is 4.21. The molecule has 4 nitrogen and oxygen atoms in total. The molecule has 1 aromatic carbocycles. The fourth-order valence-corrected chi connectivity index (χ4v) is 17.0. The molecule has 0 radical (unpaired) electrons. The van der Waals surface area contributed by atoms with Crippen LogP contribution in [0.4, 0.5) is 0 Å². The summed E-state index contributed by atoms with van der Waals surface area (Å²) >= 11 is 13.6. The van der Waals surface area contributed by atoms with Gasteiger partial charge in [-0.25, -0.2) is 0 Å². The van der Waals surface area contributed by atoms with E-state index in [1.54, 1.807) is 22.7 Å².